The van der Waals surface area contributed by atoms with E-state index in [0.717, 1.165) is 22.9 Å². The van der Waals surface area contributed by atoms with Crippen LogP contribution >= 0.6 is 0 Å². The molecule has 37 heavy (non-hydrogen) atoms. The molecule has 1 aliphatic rings. The third kappa shape index (κ3) is 7.12. The summed E-state index contributed by atoms with van der Waals surface area (Å²) >= 11 is 0. The largest absolute Gasteiger partial charge is 0.351 e. The van der Waals surface area contributed by atoms with Crippen LogP contribution in [0.15, 0.2) is 60.8 Å². The van der Waals surface area contributed by atoms with Crippen LogP contribution in [0, 0.1) is 0 Å². The molecule has 4 rings (SSSR count). The molecule has 9 nitrogen and oxygen atoms in total. The number of hydrogen-bond donors (Lipinski definition) is 5. The Labute approximate surface area is 216 Å². The monoisotopic (exact) mass is 502 g/mol. The average Bonchev–Trinajstić information content (AvgIpc) is 3.39. The smallest absolute Gasteiger partial charge is 0.247 e. The number of aryl methyl sites for hydroxylation is 2. The van der Waals surface area contributed by atoms with Crippen LogP contribution in [-0.4, -0.2) is 53.9 Å². The van der Waals surface area contributed by atoms with Gasteiger partial charge >= 0.3 is 0 Å². The van der Waals surface area contributed by atoms with Gasteiger partial charge in [0.15, 0.2) is 0 Å². The predicted molar refractivity (Wildman–Crippen MR) is 144 cm³/mol. The summed E-state index contributed by atoms with van der Waals surface area (Å²) in [5.74, 6) is -0.840. The first-order valence-electron chi connectivity index (χ1n) is 12.7. The third-order valence-corrected chi connectivity index (χ3v) is 6.62. The summed E-state index contributed by atoms with van der Waals surface area (Å²) in [6.45, 7) is 2.46. The number of aromatic nitrogens is 1. The molecule has 1 aromatic heterocycles. The highest BCUT2D eigenvalue weighted by Gasteiger charge is 2.32. The summed E-state index contributed by atoms with van der Waals surface area (Å²) in [5, 5.41) is 12.7. The molecule has 0 aliphatic carbocycles. The molecule has 194 valence electrons. The summed E-state index contributed by atoms with van der Waals surface area (Å²) in [4.78, 5) is 42.5. The van der Waals surface area contributed by atoms with Crippen molar-refractivity contribution >= 4 is 34.3 Å². The fourth-order valence-electron chi connectivity index (χ4n) is 4.53. The second-order valence-corrected chi connectivity index (χ2v) is 9.34. The standard InChI is InChI=1S/C28H34N6O3/c1-2-18-8-10-23-20(12-18)13-21(16-30-23)33-27(36)24(11-9-19-6-4-3-5-7-19)34-28(37)25-14-22(17-31-25)32-26(35)15-29/h3-8,10,12-13,16,22,24-25,31H,2,9,11,14-15,17,29H2,1H3,(H,32,35)(H,33,36)(H,34,37)/t22-,24-,25+/m1/s1. The van der Waals surface area contributed by atoms with E-state index in [1.807, 2.05) is 48.5 Å². The molecule has 1 saturated heterocycles. The van der Waals surface area contributed by atoms with E-state index >= 15 is 0 Å². The quantitative estimate of drug-likeness (QED) is 0.286. The second kappa shape index (κ2) is 12.4. The predicted octanol–water partition coefficient (Wildman–Crippen LogP) is 1.66. The van der Waals surface area contributed by atoms with Gasteiger partial charge in [-0.1, -0.05) is 43.3 Å². The van der Waals surface area contributed by atoms with Crippen molar-refractivity contribution in [1.29, 1.82) is 0 Å². The molecular formula is C28H34N6O3. The maximum absolute atomic E-state index is 13.3. The number of nitrogens with zero attached hydrogens (tertiary/aromatic N) is 1. The van der Waals surface area contributed by atoms with E-state index in [9.17, 15) is 14.4 Å². The molecule has 0 unspecified atom stereocenters. The first-order chi connectivity index (χ1) is 17.9. The van der Waals surface area contributed by atoms with Crippen molar-refractivity contribution in [2.45, 2.75) is 50.7 Å². The molecule has 2 aromatic carbocycles. The van der Waals surface area contributed by atoms with Crippen molar-refractivity contribution in [2.75, 3.05) is 18.4 Å². The normalized spacial score (nSPS) is 17.8. The van der Waals surface area contributed by atoms with Crippen LogP contribution in [0.1, 0.15) is 30.9 Å². The number of carbonyl (C=O) groups is 3. The van der Waals surface area contributed by atoms with E-state index in [0.29, 0.717) is 31.5 Å². The second-order valence-electron chi connectivity index (χ2n) is 9.34. The summed E-state index contributed by atoms with van der Waals surface area (Å²) in [6.07, 6.45) is 4.03. The zero-order valence-corrected chi connectivity index (χ0v) is 21.0. The van der Waals surface area contributed by atoms with Crippen LogP contribution in [0.2, 0.25) is 0 Å². The van der Waals surface area contributed by atoms with Gasteiger partial charge in [0.2, 0.25) is 17.7 Å². The van der Waals surface area contributed by atoms with Crippen molar-refractivity contribution in [3.05, 3.63) is 71.9 Å². The van der Waals surface area contributed by atoms with Crippen molar-refractivity contribution in [3.63, 3.8) is 0 Å². The minimum absolute atomic E-state index is 0.0987. The highest BCUT2D eigenvalue weighted by atomic mass is 16.2. The molecule has 0 spiro atoms. The van der Waals surface area contributed by atoms with Gasteiger partial charge in [0.05, 0.1) is 30.0 Å². The Morgan fingerprint density at radius 3 is 2.68 bits per heavy atom. The molecule has 9 heteroatoms. The van der Waals surface area contributed by atoms with Crippen LogP contribution in [0.4, 0.5) is 5.69 Å². The molecule has 0 bridgehead atoms. The Morgan fingerprint density at radius 2 is 1.92 bits per heavy atom. The van der Waals surface area contributed by atoms with Crippen LogP contribution in [0.3, 0.4) is 0 Å². The van der Waals surface area contributed by atoms with Gasteiger partial charge in [-0.15, -0.1) is 0 Å². The van der Waals surface area contributed by atoms with Crippen LogP contribution < -0.4 is 27.0 Å². The number of rotatable bonds is 10. The molecule has 1 aliphatic heterocycles. The lowest BCUT2D eigenvalue weighted by Crippen LogP contribution is -2.50. The lowest BCUT2D eigenvalue weighted by molar-refractivity contribution is -0.127. The SMILES string of the molecule is CCc1ccc2ncc(NC(=O)[C@@H](CCc3ccccc3)NC(=O)[C@@H]3C[C@@H](NC(=O)CN)CN3)cc2c1. The highest BCUT2D eigenvalue weighted by Crippen LogP contribution is 2.19. The molecular weight excluding hydrogens is 468 g/mol. The Bertz CT molecular complexity index is 1250. The van der Waals surface area contributed by atoms with Gasteiger partial charge in [-0.05, 0) is 55.0 Å². The number of nitrogens with one attached hydrogen (secondary N) is 4. The van der Waals surface area contributed by atoms with Gasteiger partial charge in [0, 0.05) is 18.0 Å². The maximum atomic E-state index is 13.3. The molecule has 2 heterocycles. The van der Waals surface area contributed by atoms with Crippen LogP contribution in [0.5, 0.6) is 0 Å². The van der Waals surface area contributed by atoms with Gasteiger partial charge in [0.25, 0.3) is 0 Å². The Kier molecular flexibility index (Phi) is 8.81. The number of amides is 3. The zero-order chi connectivity index (χ0) is 26.2. The fourth-order valence-corrected chi connectivity index (χ4v) is 4.53. The minimum Gasteiger partial charge on any atom is -0.351 e. The third-order valence-electron chi connectivity index (χ3n) is 6.62. The van der Waals surface area contributed by atoms with E-state index in [1.165, 1.54) is 5.56 Å². The molecule has 3 amide bonds. The molecule has 0 saturated carbocycles. The first kappa shape index (κ1) is 26.2. The lowest BCUT2D eigenvalue weighted by atomic mass is 10.0. The average molecular weight is 503 g/mol. The van der Waals surface area contributed by atoms with Crippen molar-refractivity contribution < 1.29 is 14.4 Å². The number of anilines is 1. The number of fused-ring (bicyclic) bond motifs is 1. The number of carbonyl (C=O) groups excluding carboxylic acids is 3. The molecule has 1 fully saturated rings. The van der Waals surface area contributed by atoms with E-state index in [2.05, 4.69) is 39.2 Å². The minimum atomic E-state index is -0.745. The molecule has 3 atom stereocenters. The molecule has 3 aromatic rings. The highest BCUT2D eigenvalue weighted by molar-refractivity contribution is 5.99. The van der Waals surface area contributed by atoms with Crippen molar-refractivity contribution in [3.8, 4) is 0 Å². The summed E-state index contributed by atoms with van der Waals surface area (Å²) < 4.78 is 0. The first-order valence-corrected chi connectivity index (χ1v) is 12.7. The molecule has 0 radical (unpaired) electrons. The Hall–Kier alpha value is -3.82. The van der Waals surface area contributed by atoms with E-state index < -0.39 is 12.1 Å². The Morgan fingerprint density at radius 1 is 1.11 bits per heavy atom. The summed E-state index contributed by atoms with van der Waals surface area (Å²) in [5.41, 5.74) is 9.08. The van der Waals surface area contributed by atoms with Crippen molar-refractivity contribution in [1.82, 2.24) is 20.9 Å². The number of hydrogen-bond acceptors (Lipinski definition) is 6. The van der Waals surface area contributed by atoms with Gasteiger partial charge in [-0.2, -0.15) is 0 Å². The van der Waals surface area contributed by atoms with Crippen LogP contribution in [0.25, 0.3) is 10.9 Å². The van der Waals surface area contributed by atoms with Gasteiger partial charge in [0.1, 0.15) is 6.04 Å². The van der Waals surface area contributed by atoms with Crippen molar-refractivity contribution in [2.24, 2.45) is 5.73 Å². The number of pyridine rings is 1. The van der Waals surface area contributed by atoms with E-state index in [4.69, 9.17) is 5.73 Å². The van der Waals surface area contributed by atoms with Crippen LogP contribution in [-0.2, 0) is 27.2 Å². The van der Waals surface area contributed by atoms with E-state index in [-0.39, 0.29) is 30.3 Å². The maximum Gasteiger partial charge on any atom is 0.247 e. The lowest BCUT2D eigenvalue weighted by Gasteiger charge is -2.21. The molecule has 6 N–H and O–H groups in total. The van der Waals surface area contributed by atoms with Gasteiger partial charge in [-0.25, -0.2) is 0 Å². The summed E-state index contributed by atoms with van der Waals surface area (Å²) in [6, 6.07) is 16.4. The van der Waals surface area contributed by atoms with E-state index in [1.54, 1.807) is 6.20 Å². The van der Waals surface area contributed by atoms with Gasteiger partial charge < -0.3 is 27.0 Å². The van der Waals surface area contributed by atoms with Gasteiger partial charge in [-0.3, -0.25) is 19.4 Å². The topological polar surface area (TPSA) is 138 Å². The number of benzene rings is 2. The number of nitrogens with two attached hydrogens (primary N) is 1. The summed E-state index contributed by atoms with van der Waals surface area (Å²) in [7, 11) is 0. The fraction of sp³-hybridized carbons (Fsp3) is 0.357. The Balaban J connectivity index is 1.45. The zero-order valence-electron chi connectivity index (χ0n) is 21.0.